The van der Waals surface area contributed by atoms with Gasteiger partial charge in [-0.25, -0.2) is 4.98 Å². The summed E-state index contributed by atoms with van der Waals surface area (Å²) in [5.74, 6) is -0.729. The molecule has 3 atom stereocenters. The third kappa shape index (κ3) is 4.91. The summed E-state index contributed by atoms with van der Waals surface area (Å²) >= 11 is 0. The fourth-order valence-electron chi connectivity index (χ4n) is 8.02. The number of aliphatic hydroxyl groups is 2. The number of aromatic nitrogens is 4. The number of nitrogens with zero attached hydrogens (tertiary/aromatic N) is 2. The third-order valence-electron chi connectivity index (χ3n) is 10.6. The molecule has 0 aliphatic carbocycles. The van der Waals surface area contributed by atoms with Gasteiger partial charge in [-0.1, -0.05) is 121 Å². The van der Waals surface area contributed by atoms with Gasteiger partial charge >= 0.3 is 0 Å². The zero-order chi connectivity index (χ0) is 35.5. The molecule has 8 bridgehead atoms. The molecule has 0 amide bonds. The van der Waals surface area contributed by atoms with E-state index in [4.69, 9.17) is 9.97 Å². The number of nitrogens with one attached hydrogen (secondary N) is 2. The standard InChI is InChI=1S/C44H36N4O4/c49-40-35-24-31-21-22-32(45-31)26-37-43(51,29-17-9-3-10-18-29)44(52,30-19-11-4-12-20-30)42(48-37)38(28-15-7-2-8-16-28)39-34(27-13-5-1-6-14-27)23-33(46-39)25-36(47-35)41(40)50/h1-20,24-26,34,46-47,49-52H,21-23H2. The van der Waals surface area contributed by atoms with Crippen LogP contribution in [0.2, 0.25) is 0 Å². The third-order valence-corrected chi connectivity index (χ3v) is 10.6. The van der Waals surface area contributed by atoms with E-state index in [9.17, 15) is 20.4 Å². The van der Waals surface area contributed by atoms with Crippen molar-refractivity contribution in [1.82, 2.24) is 19.9 Å². The van der Waals surface area contributed by atoms with E-state index in [1.54, 1.807) is 12.1 Å². The van der Waals surface area contributed by atoms with Crippen molar-refractivity contribution in [2.45, 2.75) is 36.4 Å². The SMILES string of the molecule is Oc1c(O)c2cc3[nH]c(c(-c4ccccc4)c4nc(cc5nc(cc1[nH]2)CC5)C(O)(c1ccccc1)C4(O)c1ccccc1)C(c1ccccc1)C3. The van der Waals surface area contributed by atoms with Crippen molar-refractivity contribution in [2.75, 3.05) is 0 Å². The number of aromatic amines is 2. The molecule has 0 saturated heterocycles. The van der Waals surface area contributed by atoms with Gasteiger partial charge in [0.1, 0.15) is 0 Å². The van der Waals surface area contributed by atoms with E-state index in [2.05, 4.69) is 22.1 Å². The van der Waals surface area contributed by atoms with Crippen LogP contribution in [-0.2, 0) is 30.5 Å². The summed E-state index contributed by atoms with van der Waals surface area (Å²) < 4.78 is 0. The Hall–Kier alpha value is -6.22. The number of aromatic hydroxyl groups is 2. The lowest BCUT2D eigenvalue weighted by Crippen LogP contribution is -2.48. The van der Waals surface area contributed by atoms with Crippen molar-refractivity contribution in [2.24, 2.45) is 0 Å². The Labute approximate surface area is 300 Å². The van der Waals surface area contributed by atoms with Crippen LogP contribution in [0.4, 0.5) is 0 Å². The van der Waals surface area contributed by atoms with E-state index in [-0.39, 0.29) is 28.8 Å². The van der Waals surface area contributed by atoms with Gasteiger partial charge < -0.3 is 30.4 Å². The number of benzene rings is 4. The predicted molar refractivity (Wildman–Crippen MR) is 199 cm³/mol. The molecular weight excluding hydrogens is 649 g/mol. The lowest BCUT2D eigenvalue weighted by atomic mass is 9.70. The molecule has 0 radical (unpaired) electrons. The van der Waals surface area contributed by atoms with Crippen molar-refractivity contribution >= 4 is 11.0 Å². The summed E-state index contributed by atoms with van der Waals surface area (Å²) in [5, 5.41) is 49.2. The first-order valence-corrected chi connectivity index (χ1v) is 17.5. The Morgan fingerprint density at radius 2 is 1.12 bits per heavy atom. The van der Waals surface area contributed by atoms with Crippen LogP contribution in [0.5, 0.6) is 11.5 Å². The molecule has 6 N–H and O–H groups in total. The highest BCUT2D eigenvalue weighted by atomic mass is 16.4. The molecule has 0 fully saturated rings. The molecule has 52 heavy (non-hydrogen) atoms. The summed E-state index contributed by atoms with van der Waals surface area (Å²) in [6, 6.07) is 43.7. The normalized spacial score (nSPS) is 20.4. The van der Waals surface area contributed by atoms with Crippen LogP contribution in [0.1, 0.15) is 56.8 Å². The van der Waals surface area contributed by atoms with Crippen molar-refractivity contribution < 1.29 is 20.4 Å². The quantitative estimate of drug-likeness (QED) is 0.114. The number of rotatable bonds is 4. The highest BCUT2D eigenvalue weighted by Crippen LogP contribution is 2.55. The number of fused-ring (bicyclic) bond motifs is 8. The molecule has 2 aromatic heterocycles. The second-order valence-electron chi connectivity index (χ2n) is 13.6. The molecule has 5 heterocycles. The molecule has 9 rings (SSSR count). The summed E-state index contributed by atoms with van der Waals surface area (Å²) in [7, 11) is 0. The van der Waals surface area contributed by atoms with Gasteiger partial charge in [-0.05, 0) is 59.7 Å². The molecule has 3 aliphatic heterocycles. The lowest BCUT2D eigenvalue weighted by Gasteiger charge is -2.39. The summed E-state index contributed by atoms with van der Waals surface area (Å²) in [5.41, 5.74) is 3.48. The summed E-state index contributed by atoms with van der Waals surface area (Å²) in [4.78, 5) is 17.1. The molecule has 8 nitrogen and oxygen atoms in total. The largest absolute Gasteiger partial charge is 0.503 e. The first-order valence-electron chi connectivity index (χ1n) is 17.5. The highest BCUT2D eigenvalue weighted by molar-refractivity contribution is 5.79. The first-order chi connectivity index (χ1) is 25.3. The molecular formula is C44H36N4O4. The van der Waals surface area contributed by atoms with Crippen LogP contribution >= 0.6 is 0 Å². The minimum absolute atomic E-state index is 0.230. The monoisotopic (exact) mass is 684 g/mol. The van der Waals surface area contributed by atoms with Gasteiger partial charge in [-0.15, -0.1) is 0 Å². The van der Waals surface area contributed by atoms with E-state index < -0.39 is 11.2 Å². The number of hydrogen-bond donors (Lipinski definition) is 6. The van der Waals surface area contributed by atoms with Crippen LogP contribution < -0.4 is 0 Å². The molecule has 0 saturated carbocycles. The molecule has 0 spiro atoms. The van der Waals surface area contributed by atoms with Crippen LogP contribution in [0.3, 0.4) is 0 Å². The average Bonchev–Trinajstić information content (AvgIpc) is 3.93. The van der Waals surface area contributed by atoms with E-state index in [1.165, 1.54) is 0 Å². The topological polar surface area (TPSA) is 138 Å². The maximum atomic E-state index is 13.7. The molecule has 8 heteroatoms. The van der Waals surface area contributed by atoms with Gasteiger partial charge in [0.25, 0.3) is 0 Å². The molecule has 256 valence electrons. The minimum Gasteiger partial charge on any atom is -0.503 e. The Bertz CT molecular complexity index is 2500. The van der Waals surface area contributed by atoms with Crippen LogP contribution in [-0.4, -0.2) is 40.4 Å². The first kappa shape index (κ1) is 31.7. The molecule has 6 aromatic rings. The fraction of sp³-hybridized carbons (Fsp3) is 0.136. The Balaban J connectivity index is 1.51. The zero-order valence-electron chi connectivity index (χ0n) is 28.2. The van der Waals surface area contributed by atoms with E-state index in [1.807, 2.05) is 115 Å². The van der Waals surface area contributed by atoms with Gasteiger partial charge in [0.15, 0.2) is 22.7 Å². The zero-order valence-corrected chi connectivity index (χ0v) is 28.2. The Kier molecular flexibility index (Phi) is 7.46. The van der Waals surface area contributed by atoms with Gasteiger partial charge in [0.2, 0.25) is 0 Å². The smallest absolute Gasteiger partial charge is 0.183 e. The van der Waals surface area contributed by atoms with Crippen molar-refractivity contribution in [3.8, 4) is 22.6 Å². The second-order valence-corrected chi connectivity index (χ2v) is 13.6. The average molecular weight is 685 g/mol. The second kappa shape index (κ2) is 12.2. The highest BCUT2D eigenvalue weighted by Gasteiger charge is 2.61. The van der Waals surface area contributed by atoms with Crippen LogP contribution in [0, 0.1) is 0 Å². The van der Waals surface area contributed by atoms with Crippen molar-refractivity contribution in [3.05, 3.63) is 190 Å². The van der Waals surface area contributed by atoms with Gasteiger partial charge in [-0.3, -0.25) is 4.98 Å². The molecule has 3 aliphatic rings. The van der Waals surface area contributed by atoms with Crippen molar-refractivity contribution in [3.63, 3.8) is 0 Å². The summed E-state index contributed by atoms with van der Waals surface area (Å²) in [6.07, 6.45) is 1.63. The van der Waals surface area contributed by atoms with Crippen LogP contribution in [0.25, 0.3) is 22.2 Å². The maximum absolute atomic E-state index is 13.7. The molecule has 3 unspecified atom stereocenters. The maximum Gasteiger partial charge on any atom is 0.183 e. The fourth-order valence-corrected chi connectivity index (χ4v) is 8.02. The number of hydrogen-bond acceptors (Lipinski definition) is 6. The van der Waals surface area contributed by atoms with Crippen LogP contribution in [0.15, 0.2) is 140 Å². The Morgan fingerprint density at radius 3 is 1.75 bits per heavy atom. The van der Waals surface area contributed by atoms with Gasteiger partial charge in [0, 0.05) is 34.3 Å². The predicted octanol–water partition coefficient (Wildman–Crippen LogP) is 7.45. The van der Waals surface area contributed by atoms with Gasteiger partial charge in [-0.2, -0.15) is 0 Å². The molecule has 4 aromatic carbocycles. The minimum atomic E-state index is -2.07. The Morgan fingerprint density at radius 1 is 0.577 bits per heavy atom. The van der Waals surface area contributed by atoms with Crippen molar-refractivity contribution in [1.29, 1.82) is 0 Å². The number of H-pyrrole nitrogens is 2. The van der Waals surface area contributed by atoms with E-state index in [0.717, 1.165) is 22.5 Å². The lowest BCUT2D eigenvalue weighted by molar-refractivity contribution is -0.104. The van der Waals surface area contributed by atoms with E-state index >= 15 is 0 Å². The van der Waals surface area contributed by atoms with Gasteiger partial charge in [0.05, 0.1) is 22.4 Å². The number of aryl methyl sites for hydroxylation is 2. The van der Waals surface area contributed by atoms with E-state index in [0.29, 0.717) is 58.4 Å². The summed E-state index contributed by atoms with van der Waals surface area (Å²) in [6.45, 7) is 0.